The average molecular weight is 241 g/mol. The SMILES string of the molecule is CCC(C)(C)OCC(=O)c1cccc(Cl)c1. The van der Waals surface area contributed by atoms with Crippen molar-refractivity contribution < 1.29 is 9.53 Å². The van der Waals surface area contributed by atoms with E-state index in [1.54, 1.807) is 24.3 Å². The third-order valence-corrected chi connectivity index (χ3v) is 2.83. The van der Waals surface area contributed by atoms with Crippen molar-refractivity contribution in [2.45, 2.75) is 32.8 Å². The van der Waals surface area contributed by atoms with Crippen LogP contribution in [0, 0.1) is 0 Å². The molecule has 0 N–H and O–H groups in total. The van der Waals surface area contributed by atoms with E-state index in [-0.39, 0.29) is 18.0 Å². The number of halogens is 1. The van der Waals surface area contributed by atoms with E-state index < -0.39 is 0 Å². The number of ketones is 1. The summed E-state index contributed by atoms with van der Waals surface area (Å²) < 4.78 is 5.54. The normalized spacial score (nSPS) is 11.5. The van der Waals surface area contributed by atoms with E-state index in [2.05, 4.69) is 0 Å². The Hall–Kier alpha value is -0.860. The second-order valence-electron chi connectivity index (χ2n) is 4.34. The zero-order chi connectivity index (χ0) is 12.2. The van der Waals surface area contributed by atoms with Gasteiger partial charge in [-0.15, -0.1) is 0 Å². The molecule has 0 unspecified atom stereocenters. The molecule has 0 aliphatic carbocycles. The molecular weight excluding hydrogens is 224 g/mol. The molecule has 16 heavy (non-hydrogen) atoms. The first kappa shape index (κ1) is 13.2. The van der Waals surface area contributed by atoms with Crippen molar-refractivity contribution in [3.8, 4) is 0 Å². The van der Waals surface area contributed by atoms with Gasteiger partial charge in [-0.2, -0.15) is 0 Å². The average Bonchev–Trinajstić information content (AvgIpc) is 2.26. The van der Waals surface area contributed by atoms with Gasteiger partial charge in [0.05, 0.1) is 5.60 Å². The summed E-state index contributed by atoms with van der Waals surface area (Å²) in [5, 5.41) is 0.570. The molecule has 0 aromatic heterocycles. The first-order chi connectivity index (χ1) is 7.44. The molecule has 0 atom stereocenters. The van der Waals surface area contributed by atoms with Gasteiger partial charge in [0.15, 0.2) is 5.78 Å². The van der Waals surface area contributed by atoms with Gasteiger partial charge in [-0.05, 0) is 32.4 Å². The smallest absolute Gasteiger partial charge is 0.188 e. The molecule has 0 spiro atoms. The maximum Gasteiger partial charge on any atom is 0.188 e. The highest BCUT2D eigenvalue weighted by Gasteiger charge is 2.17. The Morgan fingerprint density at radius 3 is 2.69 bits per heavy atom. The number of ether oxygens (including phenoxy) is 1. The summed E-state index contributed by atoms with van der Waals surface area (Å²) in [7, 11) is 0. The molecule has 0 radical (unpaired) electrons. The molecule has 0 saturated heterocycles. The number of hydrogen-bond donors (Lipinski definition) is 0. The zero-order valence-corrected chi connectivity index (χ0v) is 10.7. The monoisotopic (exact) mass is 240 g/mol. The quantitative estimate of drug-likeness (QED) is 0.733. The third-order valence-electron chi connectivity index (χ3n) is 2.59. The van der Waals surface area contributed by atoms with Gasteiger partial charge in [-0.3, -0.25) is 4.79 Å². The first-order valence-corrected chi connectivity index (χ1v) is 5.75. The van der Waals surface area contributed by atoms with E-state index in [1.165, 1.54) is 0 Å². The lowest BCUT2D eigenvalue weighted by molar-refractivity contribution is -0.0122. The highest BCUT2D eigenvalue weighted by atomic mass is 35.5. The van der Waals surface area contributed by atoms with E-state index in [4.69, 9.17) is 16.3 Å². The van der Waals surface area contributed by atoms with Crippen LogP contribution in [0.3, 0.4) is 0 Å². The molecule has 0 saturated carbocycles. The summed E-state index contributed by atoms with van der Waals surface area (Å²) >= 11 is 5.81. The fraction of sp³-hybridized carbons (Fsp3) is 0.462. The van der Waals surface area contributed by atoms with Gasteiger partial charge in [0.2, 0.25) is 0 Å². The number of hydrogen-bond acceptors (Lipinski definition) is 2. The lowest BCUT2D eigenvalue weighted by Gasteiger charge is -2.22. The topological polar surface area (TPSA) is 26.3 Å². The Bertz CT molecular complexity index is 372. The molecule has 1 aromatic rings. The zero-order valence-electron chi connectivity index (χ0n) is 9.92. The highest BCUT2D eigenvalue weighted by Crippen LogP contribution is 2.15. The largest absolute Gasteiger partial charge is 0.367 e. The van der Waals surface area contributed by atoms with Crippen LogP contribution in [-0.2, 0) is 4.74 Å². The molecule has 0 aliphatic rings. The second-order valence-corrected chi connectivity index (χ2v) is 4.77. The van der Waals surface area contributed by atoms with E-state index >= 15 is 0 Å². The standard InChI is InChI=1S/C13H17ClO2/c1-4-13(2,3)16-9-12(15)10-6-5-7-11(14)8-10/h5-8H,4,9H2,1-3H3. The molecule has 1 aromatic carbocycles. The fourth-order valence-electron chi connectivity index (χ4n) is 1.11. The van der Waals surface area contributed by atoms with E-state index in [1.807, 2.05) is 20.8 Å². The van der Waals surface area contributed by atoms with Crippen LogP contribution in [-0.4, -0.2) is 18.0 Å². The fourth-order valence-corrected chi connectivity index (χ4v) is 1.30. The summed E-state index contributed by atoms with van der Waals surface area (Å²) in [5.74, 6) is -0.0379. The maximum absolute atomic E-state index is 11.8. The number of benzene rings is 1. The molecule has 2 nitrogen and oxygen atoms in total. The summed E-state index contributed by atoms with van der Waals surface area (Å²) in [6, 6.07) is 6.92. The van der Waals surface area contributed by atoms with Gasteiger partial charge >= 0.3 is 0 Å². The Morgan fingerprint density at radius 2 is 2.12 bits per heavy atom. The highest BCUT2D eigenvalue weighted by molar-refractivity contribution is 6.31. The lowest BCUT2D eigenvalue weighted by Crippen LogP contribution is -2.26. The Labute approximate surface area is 102 Å². The molecule has 88 valence electrons. The minimum Gasteiger partial charge on any atom is -0.367 e. The Morgan fingerprint density at radius 1 is 1.44 bits per heavy atom. The van der Waals surface area contributed by atoms with Gasteiger partial charge in [0.1, 0.15) is 6.61 Å². The minimum absolute atomic E-state index is 0.0379. The van der Waals surface area contributed by atoms with Crippen LogP contribution >= 0.6 is 11.6 Å². The van der Waals surface area contributed by atoms with Gasteiger partial charge in [-0.25, -0.2) is 0 Å². The van der Waals surface area contributed by atoms with E-state index in [9.17, 15) is 4.79 Å². The van der Waals surface area contributed by atoms with Crippen molar-refractivity contribution in [3.05, 3.63) is 34.9 Å². The maximum atomic E-state index is 11.8. The molecular formula is C13H17ClO2. The van der Waals surface area contributed by atoms with Gasteiger partial charge in [0, 0.05) is 10.6 Å². The predicted octanol–water partition coefficient (Wildman–Crippen LogP) is 3.73. The predicted molar refractivity (Wildman–Crippen MR) is 66.1 cm³/mol. The molecule has 0 aliphatic heterocycles. The molecule has 0 bridgehead atoms. The van der Waals surface area contributed by atoms with Crippen LogP contribution in [0.15, 0.2) is 24.3 Å². The lowest BCUT2D eigenvalue weighted by atomic mass is 10.1. The number of Topliss-reactive ketones (excluding diaryl/α,β-unsaturated/α-hetero) is 1. The number of carbonyl (C=O) groups excluding carboxylic acids is 1. The summed E-state index contributed by atoms with van der Waals surface area (Å²) in [5.41, 5.74) is 0.341. The van der Waals surface area contributed by atoms with Crippen LogP contribution in [0.25, 0.3) is 0 Å². The van der Waals surface area contributed by atoms with Crippen molar-refractivity contribution in [1.29, 1.82) is 0 Å². The van der Waals surface area contributed by atoms with Crippen molar-refractivity contribution in [2.75, 3.05) is 6.61 Å². The van der Waals surface area contributed by atoms with Crippen LogP contribution in [0.1, 0.15) is 37.6 Å². The van der Waals surface area contributed by atoms with Crippen LogP contribution in [0.4, 0.5) is 0 Å². The summed E-state index contributed by atoms with van der Waals surface area (Å²) in [4.78, 5) is 11.8. The van der Waals surface area contributed by atoms with Crippen LogP contribution < -0.4 is 0 Å². The second kappa shape index (κ2) is 5.46. The van der Waals surface area contributed by atoms with E-state index in [0.717, 1.165) is 6.42 Å². The van der Waals surface area contributed by atoms with Crippen molar-refractivity contribution in [2.24, 2.45) is 0 Å². The van der Waals surface area contributed by atoms with Gasteiger partial charge in [-0.1, -0.05) is 30.7 Å². The third kappa shape index (κ3) is 3.95. The molecule has 0 amide bonds. The van der Waals surface area contributed by atoms with Crippen LogP contribution in [0.2, 0.25) is 5.02 Å². The first-order valence-electron chi connectivity index (χ1n) is 5.37. The molecule has 0 heterocycles. The van der Waals surface area contributed by atoms with Crippen molar-refractivity contribution in [3.63, 3.8) is 0 Å². The van der Waals surface area contributed by atoms with Crippen molar-refractivity contribution >= 4 is 17.4 Å². The minimum atomic E-state index is -0.256. The number of carbonyl (C=O) groups is 1. The molecule has 1 rings (SSSR count). The molecule has 3 heteroatoms. The number of rotatable bonds is 5. The van der Waals surface area contributed by atoms with Gasteiger partial charge in [0.25, 0.3) is 0 Å². The molecule has 0 fully saturated rings. The Kier molecular flexibility index (Phi) is 4.51. The van der Waals surface area contributed by atoms with Crippen molar-refractivity contribution in [1.82, 2.24) is 0 Å². The Balaban J connectivity index is 2.60. The summed E-state index contributed by atoms with van der Waals surface area (Å²) in [6.07, 6.45) is 0.871. The summed E-state index contributed by atoms with van der Waals surface area (Å²) in [6.45, 7) is 6.07. The van der Waals surface area contributed by atoms with Gasteiger partial charge < -0.3 is 4.74 Å². The van der Waals surface area contributed by atoms with E-state index in [0.29, 0.717) is 10.6 Å². The van der Waals surface area contributed by atoms with Crippen LogP contribution in [0.5, 0.6) is 0 Å².